The van der Waals surface area contributed by atoms with Crippen molar-refractivity contribution < 1.29 is 4.79 Å². The minimum absolute atomic E-state index is 0.216. The highest BCUT2D eigenvalue weighted by Gasteiger charge is 2.04. The number of halogens is 1. The molecule has 0 spiro atoms. The normalized spacial score (nSPS) is 11.6. The van der Waals surface area contributed by atoms with Gasteiger partial charge in [-0.05, 0) is 27.6 Å². The molecule has 0 fully saturated rings. The van der Waals surface area contributed by atoms with Crippen LogP contribution in [0.2, 0.25) is 0 Å². The summed E-state index contributed by atoms with van der Waals surface area (Å²) in [5.41, 5.74) is 3.62. The molecule has 1 aromatic carbocycles. The Bertz CT molecular complexity index is 626. The van der Waals surface area contributed by atoms with E-state index in [-0.39, 0.29) is 5.69 Å². The van der Waals surface area contributed by atoms with E-state index in [0.717, 1.165) is 10.0 Å². The third-order valence-corrected chi connectivity index (χ3v) is 2.69. The second kappa shape index (κ2) is 7.30. The lowest BCUT2D eigenvalue weighted by Crippen LogP contribution is -2.18. The SMILES string of the molecule is O=C(N/N=C/C(Br)=C\c1ccccc1)c1cnccn1. The van der Waals surface area contributed by atoms with Crippen LogP contribution in [0, 0.1) is 0 Å². The Hall–Kier alpha value is -2.34. The molecule has 2 aromatic rings. The molecule has 1 heterocycles. The summed E-state index contributed by atoms with van der Waals surface area (Å²) in [5, 5.41) is 3.84. The first kappa shape index (κ1) is 14.1. The van der Waals surface area contributed by atoms with Gasteiger partial charge < -0.3 is 0 Å². The maximum Gasteiger partial charge on any atom is 0.291 e. The molecule has 0 atom stereocenters. The molecule has 1 aromatic heterocycles. The number of rotatable bonds is 4. The molecule has 0 unspecified atom stereocenters. The van der Waals surface area contributed by atoms with Gasteiger partial charge in [0.1, 0.15) is 5.69 Å². The van der Waals surface area contributed by atoms with Crippen LogP contribution in [0.3, 0.4) is 0 Å². The third kappa shape index (κ3) is 4.40. The standard InChI is InChI=1S/C14H11BrN4O/c15-12(8-11-4-2-1-3-5-11)9-18-19-14(20)13-10-16-6-7-17-13/h1-10H,(H,19,20)/b12-8+,18-9+. The topological polar surface area (TPSA) is 67.2 Å². The molecule has 0 radical (unpaired) electrons. The van der Waals surface area contributed by atoms with Crippen LogP contribution in [0.25, 0.3) is 6.08 Å². The fraction of sp³-hybridized carbons (Fsp3) is 0. The number of hydrogen-bond acceptors (Lipinski definition) is 4. The average Bonchev–Trinajstić information content (AvgIpc) is 2.49. The number of carbonyl (C=O) groups excluding carboxylic acids is 1. The van der Waals surface area contributed by atoms with Crippen molar-refractivity contribution in [1.82, 2.24) is 15.4 Å². The number of carbonyl (C=O) groups is 1. The molecule has 2 rings (SSSR count). The molecule has 0 bridgehead atoms. The van der Waals surface area contributed by atoms with Gasteiger partial charge in [-0.1, -0.05) is 30.3 Å². The largest absolute Gasteiger partial charge is 0.291 e. The van der Waals surface area contributed by atoms with Gasteiger partial charge in [-0.25, -0.2) is 10.4 Å². The molecular formula is C14H11BrN4O. The van der Waals surface area contributed by atoms with E-state index in [4.69, 9.17) is 0 Å². The summed E-state index contributed by atoms with van der Waals surface area (Å²) in [6.45, 7) is 0. The Kier molecular flexibility index (Phi) is 5.14. The summed E-state index contributed by atoms with van der Waals surface area (Å²) in [5.74, 6) is -0.408. The summed E-state index contributed by atoms with van der Waals surface area (Å²) in [6, 6.07) is 9.76. The molecule has 0 saturated heterocycles. The average molecular weight is 331 g/mol. The lowest BCUT2D eigenvalue weighted by Gasteiger charge is -1.97. The Balaban J connectivity index is 1.94. The summed E-state index contributed by atoms with van der Waals surface area (Å²) < 4.78 is 0.739. The van der Waals surface area contributed by atoms with Crippen molar-refractivity contribution in [2.45, 2.75) is 0 Å². The van der Waals surface area contributed by atoms with Crippen molar-refractivity contribution in [3.8, 4) is 0 Å². The first-order valence-electron chi connectivity index (χ1n) is 5.77. The summed E-state index contributed by atoms with van der Waals surface area (Å²) in [4.78, 5) is 19.3. The maximum absolute atomic E-state index is 11.6. The van der Waals surface area contributed by atoms with Gasteiger partial charge in [0, 0.05) is 16.9 Å². The quantitative estimate of drug-likeness (QED) is 0.692. The van der Waals surface area contributed by atoms with E-state index < -0.39 is 5.91 Å². The van der Waals surface area contributed by atoms with Crippen LogP contribution in [-0.4, -0.2) is 22.1 Å². The minimum atomic E-state index is -0.408. The zero-order valence-electron chi connectivity index (χ0n) is 10.4. The van der Waals surface area contributed by atoms with Gasteiger partial charge >= 0.3 is 0 Å². The van der Waals surface area contributed by atoms with Crippen molar-refractivity contribution in [2.75, 3.05) is 0 Å². The van der Waals surface area contributed by atoms with E-state index >= 15 is 0 Å². The Morgan fingerprint density at radius 2 is 2.05 bits per heavy atom. The van der Waals surface area contributed by atoms with Gasteiger partial charge in [-0.15, -0.1) is 0 Å². The number of nitrogens with one attached hydrogen (secondary N) is 1. The van der Waals surface area contributed by atoms with Gasteiger partial charge in [0.25, 0.3) is 5.91 Å². The van der Waals surface area contributed by atoms with Gasteiger partial charge in [0.2, 0.25) is 0 Å². The molecule has 6 heteroatoms. The Morgan fingerprint density at radius 3 is 2.75 bits per heavy atom. The first-order valence-corrected chi connectivity index (χ1v) is 6.56. The number of aromatic nitrogens is 2. The summed E-state index contributed by atoms with van der Waals surface area (Å²) in [7, 11) is 0. The second-order valence-electron chi connectivity index (χ2n) is 3.73. The van der Waals surface area contributed by atoms with Gasteiger partial charge in [-0.2, -0.15) is 5.10 Å². The highest BCUT2D eigenvalue weighted by atomic mass is 79.9. The van der Waals surface area contributed by atoms with E-state index in [1.807, 2.05) is 36.4 Å². The van der Waals surface area contributed by atoms with Crippen molar-refractivity contribution in [3.05, 3.63) is 64.7 Å². The monoisotopic (exact) mass is 330 g/mol. The number of hydrogen-bond donors (Lipinski definition) is 1. The lowest BCUT2D eigenvalue weighted by atomic mass is 10.2. The van der Waals surface area contributed by atoms with E-state index in [0.29, 0.717) is 0 Å². The second-order valence-corrected chi connectivity index (χ2v) is 4.65. The molecule has 1 N–H and O–H groups in total. The highest BCUT2D eigenvalue weighted by molar-refractivity contribution is 9.12. The summed E-state index contributed by atoms with van der Waals surface area (Å²) in [6.07, 6.45) is 7.71. The predicted molar refractivity (Wildman–Crippen MR) is 81.3 cm³/mol. The van der Waals surface area contributed by atoms with Crippen molar-refractivity contribution in [1.29, 1.82) is 0 Å². The molecule has 20 heavy (non-hydrogen) atoms. The molecule has 1 amide bonds. The molecule has 0 aliphatic heterocycles. The smallest absolute Gasteiger partial charge is 0.265 e. The highest BCUT2D eigenvalue weighted by Crippen LogP contribution is 2.09. The molecule has 100 valence electrons. The van der Waals surface area contributed by atoms with E-state index in [9.17, 15) is 4.79 Å². The summed E-state index contributed by atoms with van der Waals surface area (Å²) >= 11 is 3.35. The fourth-order valence-corrected chi connectivity index (χ4v) is 1.74. The zero-order valence-corrected chi connectivity index (χ0v) is 12.0. The van der Waals surface area contributed by atoms with Crippen LogP contribution >= 0.6 is 15.9 Å². The Labute approximate surface area is 124 Å². The van der Waals surface area contributed by atoms with Crippen molar-refractivity contribution in [2.24, 2.45) is 5.10 Å². The van der Waals surface area contributed by atoms with Crippen LogP contribution in [0.5, 0.6) is 0 Å². The van der Waals surface area contributed by atoms with Gasteiger partial charge in [0.15, 0.2) is 0 Å². The van der Waals surface area contributed by atoms with Crippen LogP contribution in [0.4, 0.5) is 0 Å². The van der Waals surface area contributed by atoms with Crippen molar-refractivity contribution >= 4 is 34.1 Å². The number of amides is 1. The Morgan fingerprint density at radius 1 is 1.25 bits per heavy atom. The lowest BCUT2D eigenvalue weighted by molar-refractivity contribution is 0.0950. The number of nitrogens with zero attached hydrogens (tertiary/aromatic N) is 3. The number of allylic oxidation sites excluding steroid dienone is 1. The number of hydrazone groups is 1. The molecule has 0 aliphatic carbocycles. The zero-order chi connectivity index (χ0) is 14.2. The van der Waals surface area contributed by atoms with Crippen LogP contribution in [-0.2, 0) is 0 Å². The molecule has 0 aliphatic rings. The van der Waals surface area contributed by atoms with Gasteiger partial charge in [0.05, 0.1) is 12.4 Å². The number of benzene rings is 1. The van der Waals surface area contributed by atoms with Crippen LogP contribution in [0.1, 0.15) is 16.1 Å². The molecule has 5 nitrogen and oxygen atoms in total. The van der Waals surface area contributed by atoms with E-state index in [2.05, 4.69) is 36.4 Å². The maximum atomic E-state index is 11.6. The van der Waals surface area contributed by atoms with Crippen LogP contribution < -0.4 is 5.43 Å². The predicted octanol–water partition coefficient (Wildman–Crippen LogP) is 2.63. The van der Waals surface area contributed by atoms with Crippen LogP contribution in [0.15, 0.2) is 58.5 Å². The first-order chi connectivity index (χ1) is 9.75. The van der Waals surface area contributed by atoms with Crippen molar-refractivity contribution in [3.63, 3.8) is 0 Å². The fourth-order valence-electron chi connectivity index (χ4n) is 1.37. The van der Waals surface area contributed by atoms with Gasteiger partial charge in [-0.3, -0.25) is 9.78 Å². The molecule has 0 saturated carbocycles. The molecular weight excluding hydrogens is 320 g/mol. The minimum Gasteiger partial charge on any atom is -0.265 e. The van der Waals surface area contributed by atoms with E-state index in [1.165, 1.54) is 24.8 Å². The van der Waals surface area contributed by atoms with E-state index in [1.54, 1.807) is 0 Å². The third-order valence-electron chi connectivity index (χ3n) is 2.25.